The molecule has 7 heteroatoms. The highest BCUT2D eigenvalue weighted by molar-refractivity contribution is 7.90. The van der Waals surface area contributed by atoms with Gasteiger partial charge in [0.15, 0.2) is 0 Å². The van der Waals surface area contributed by atoms with Gasteiger partial charge in [0.25, 0.3) is 10.0 Å². The van der Waals surface area contributed by atoms with E-state index in [-0.39, 0.29) is 0 Å². The van der Waals surface area contributed by atoms with Crippen LogP contribution in [-0.2, 0) is 16.4 Å². The van der Waals surface area contributed by atoms with E-state index in [1.165, 1.54) is 35.5 Å². The minimum atomic E-state index is -3.77. The third-order valence-corrected chi connectivity index (χ3v) is 8.91. The van der Waals surface area contributed by atoms with Gasteiger partial charge in [-0.1, -0.05) is 12.1 Å². The van der Waals surface area contributed by atoms with Crippen LogP contribution >= 0.6 is 0 Å². The van der Waals surface area contributed by atoms with Crippen molar-refractivity contribution in [2.75, 3.05) is 19.7 Å². The Morgan fingerprint density at radius 1 is 1.06 bits per heavy atom. The van der Waals surface area contributed by atoms with E-state index in [2.05, 4.69) is 16.0 Å². The molecular weight excluding hydrogens is 422 g/mol. The highest BCUT2D eigenvalue weighted by Crippen LogP contribution is 2.37. The summed E-state index contributed by atoms with van der Waals surface area (Å²) >= 11 is 0. The molecule has 1 fully saturated rings. The van der Waals surface area contributed by atoms with Crippen LogP contribution in [0.5, 0.6) is 5.75 Å². The molecular formula is C25H27N3O3S. The van der Waals surface area contributed by atoms with Crippen molar-refractivity contribution in [3.8, 4) is 5.75 Å². The molecule has 1 atom stereocenters. The Kier molecular flexibility index (Phi) is 4.84. The second-order valence-corrected chi connectivity index (χ2v) is 10.7. The topological polar surface area (TPSA) is 64.4 Å². The minimum Gasteiger partial charge on any atom is -0.493 e. The minimum absolute atomic E-state index is 0.325. The van der Waals surface area contributed by atoms with Crippen LogP contribution in [0.2, 0.25) is 0 Å². The Bertz CT molecular complexity index is 1320. The maximum atomic E-state index is 13.8. The molecule has 0 saturated carbocycles. The van der Waals surface area contributed by atoms with Crippen LogP contribution in [0.25, 0.3) is 16.6 Å². The van der Waals surface area contributed by atoms with Gasteiger partial charge in [-0.25, -0.2) is 12.4 Å². The van der Waals surface area contributed by atoms with Gasteiger partial charge in [0.05, 0.1) is 22.5 Å². The molecule has 0 radical (unpaired) electrons. The highest BCUT2D eigenvalue weighted by Gasteiger charge is 2.30. The maximum absolute atomic E-state index is 13.8. The first-order chi connectivity index (χ1) is 15.6. The van der Waals surface area contributed by atoms with Gasteiger partial charge in [-0.05, 0) is 75.0 Å². The number of hydrogen-bond acceptors (Lipinski definition) is 5. The lowest BCUT2D eigenvalue weighted by atomic mass is 9.90. The summed E-state index contributed by atoms with van der Waals surface area (Å²) in [6.07, 6.45) is 12.1. The van der Waals surface area contributed by atoms with E-state index in [0.717, 1.165) is 35.9 Å². The molecule has 6 nitrogen and oxygen atoms in total. The summed E-state index contributed by atoms with van der Waals surface area (Å²) < 4.78 is 34.6. The average molecular weight is 450 g/mol. The summed E-state index contributed by atoms with van der Waals surface area (Å²) in [5.41, 5.74) is 4.30. The molecule has 0 bridgehead atoms. The van der Waals surface area contributed by atoms with Gasteiger partial charge in [-0.15, -0.1) is 0 Å². The van der Waals surface area contributed by atoms with Crippen LogP contribution in [0, 0.1) is 0 Å². The molecule has 1 aromatic carbocycles. The lowest BCUT2D eigenvalue weighted by Crippen LogP contribution is -2.33. The first kappa shape index (κ1) is 20.0. The van der Waals surface area contributed by atoms with Crippen LogP contribution in [-0.4, -0.2) is 48.0 Å². The van der Waals surface area contributed by atoms with Gasteiger partial charge in [0, 0.05) is 36.0 Å². The van der Waals surface area contributed by atoms with Crippen molar-refractivity contribution in [1.29, 1.82) is 0 Å². The maximum Gasteiger partial charge on any atom is 0.268 e. The molecule has 0 amide bonds. The molecule has 166 valence electrons. The number of rotatable bonds is 4. The third kappa shape index (κ3) is 3.18. The predicted molar refractivity (Wildman–Crippen MR) is 124 cm³/mol. The summed E-state index contributed by atoms with van der Waals surface area (Å²) in [4.78, 5) is 7.53. The molecule has 1 aliphatic carbocycles. The van der Waals surface area contributed by atoms with E-state index in [0.29, 0.717) is 35.2 Å². The number of aromatic nitrogens is 2. The van der Waals surface area contributed by atoms with Gasteiger partial charge in [-0.3, -0.25) is 4.98 Å². The lowest BCUT2D eigenvalue weighted by Gasteiger charge is -2.30. The molecule has 0 N–H and O–H groups in total. The van der Waals surface area contributed by atoms with Crippen molar-refractivity contribution in [2.45, 2.75) is 49.5 Å². The highest BCUT2D eigenvalue weighted by atomic mass is 32.2. The molecule has 3 aromatic rings. The van der Waals surface area contributed by atoms with Crippen molar-refractivity contribution in [2.24, 2.45) is 0 Å². The Balaban J connectivity index is 1.42. The SMILES string of the molecule is O=S(=O)(c1cccc2c1CCO2)n1cc(C2=CCC(N3CCCC3)CC2)c2ncccc21. The number of likely N-dealkylation sites (tertiary alicyclic amines) is 1. The van der Waals surface area contributed by atoms with E-state index >= 15 is 0 Å². The quantitative estimate of drug-likeness (QED) is 0.596. The van der Waals surface area contributed by atoms with Gasteiger partial charge in [0.1, 0.15) is 5.75 Å². The number of ether oxygens (including phenoxy) is 1. The fourth-order valence-electron chi connectivity index (χ4n) is 5.51. The zero-order valence-electron chi connectivity index (χ0n) is 18.0. The van der Waals surface area contributed by atoms with Crippen LogP contribution in [0.1, 0.15) is 43.2 Å². The fraction of sp³-hybridized carbons (Fsp3) is 0.400. The largest absolute Gasteiger partial charge is 0.493 e. The molecule has 1 saturated heterocycles. The molecule has 0 spiro atoms. The van der Waals surface area contributed by atoms with E-state index < -0.39 is 10.0 Å². The predicted octanol–water partition coefficient (Wildman–Crippen LogP) is 4.24. The fourth-order valence-corrected chi connectivity index (χ4v) is 7.13. The monoisotopic (exact) mass is 449 g/mol. The average Bonchev–Trinajstić information content (AvgIpc) is 3.58. The first-order valence-corrected chi connectivity index (χ1v) is 13.0. The van der Waals surface area contributed by atoms with E-state index in [1.54, 1.807) is 30.6 Å². The number of hydrogen-bond donors (Lipinski definition) is 0. The molecule has 3 aliphatic rings. The molecule has 2 aliphatic heterocycles. The van der Waals surface area contributed by atoms with Gasteiger partial charge < -0.3 is 9.64 Å². The molecule has 1 unspecified atom stereocenters. The Labute approximate surface area is 188 Å². The summed E-state index contributed by atoms with van der Waals surface area (Å²) in [7, 11) is -3.77. The second kappa shape index (κ2) is 7.74. The molecule has 4 heterocycles. The zero-order valence-corrected chi connectivity index (χ0v) is 18.9. The normalized spacial score (nSPS) is 21.5. The number of fused-ring (bicyclic) bond motifs is 2. The summed E-state index contributed by atoms with van der Waals surface area (Å²) in [5, 5.41) is 0. The number of allylic oxidation sites excluding steroid dienone is 1. The number of nitrogens with zero attached hydrogens (tertiary/aromatic N) is 3. The van der Waals surface area contributed by atoms with Gasteiger partial charge in [0.2, 0.25) is 0 Å². The van der Waals surface area contributed by atoms with Crippen LogP contribution in [0.15, 0.2) is 53.7 Å². The summed E-state index contributed by atoms with van der Waals surface area (Å²) in [5.74, 6) is 0.670. The Morgan fingerprint density at radius 2 is 1.94 bits per heavy atom. The zero-order chi connectivity index (χ0) is 21.7. The smallest absolute Gasteiger partial charge is 0.268 e. The Morgan fingerprint density at radius 3 is 2.75 bits per heavy atom. The van der Waals surface area contributed by atoms with Gasteiger partial charge >= 0.3 is 0 Å². The van der Waals surface area contributed by atoms with Crippen molar-refractivity contribution in [1.82, 2.24) is 13.9 Å². The number of pyridine rings is 1. The molecule has 32 heavy (non-hydrogen) atoms. The van der Waals surface area contributed by atoms with Crippen molar-refractivity contribution in [3.05, 3.63) is 59.9 Å². The second-order valence-electron chi connectivity index (χ2n) is 8.95. The van der Waals surface area contributed by atoms with E-state index in [1.807, 2.05) is 12.1 Å². The first-order valence-electron chi connectivity index (χ1n) is 11.5. The lowest BCUT2D eigenvalue weighted by molar-refractivity contribution is 0.229. The third-order valence-electron chi connectivity index (χ3n) is 7.15. The molecule has 6 rings (SSSR count). The van der Waals surface area contributed by atoms with Crippen molar-refractivity contribution >= 4 is 26.6 Å². The summed E-state index contributed by atoms with van der Waals surface area (Å²) in [6, 6.07) is 9.54. The van der Waals surface area contributed by atoms with Gasteiger partial charge in [-0.2, -0.15) is 0 Å². The van der Waals surface area contributed by atoms with E-state index in [9.17, 15) is 8.42 Å². The van der Waals surface area contributed by atoms with Crippen molar-refractivity contribution in [3.63, 3.8) is 0 Å². The van der Waals surface area contributed by atoms with Crippen LogP contribution < -0.4 is 4.74 Å². The van der Waals surface area contributed by atoms with Crippen molar-refractivity contribution < 1.29 is 13.2 Å². The van der Waals surface area contributed by atoms with Crippen LogP contribution in [0.4, 0.5) is 0 Å². The van der Waals surface area contributed by atoms with E-state index in [4.69, 9.17) is 4.74 Å². The molecule has 2 aromatic heterocycles. The summed E-state index contributed by atoms with van der Waals surface area (Å²) in [6.45, 7) is 2.93. The standard InChI is InChI=1S/C25H27N3O3S/c29-32(30,24-7-3-6-23-20(24)12-16-31-23)28-17-21(25-22(28)5-4-13-26-25)18-8-10-19(11-9-18)27-14-1-2-15-27/h3-8,13,17,19H,1-2,9-12,14-16H2. The van der Waals surface area contributed by atoms with Crippen LogP contribution in [0.3, 0.4) is 0 Å². The Hall–Kier alpha value is -2.64. The number of benzene rings is 1.